The summed E-state index contributed by atoms with van der Waals surface area (Å²) in [6.45, 7) is 1.85. The summed E-state index contributed by atoms with van der Waals surface area (Å²) < 4.78 is 27.7. The van der Waals surface area contributed by atoms with E-state index < -0.39 is 17.7 Å². The second-order valence-corrected chi connectivity index (χ2v) is 8.08. The van der Waals surface area contributed by atoms with Gasteiger partial charge in [0.05, 0.1) is 18.0 Å². The van der Waals surface area contributed by atoms with Crippen molar-refractivity contribution in [2.24, 2.45) is 0 Å². The Labute approximate surface area is 185 Å². The Balaban J connectivity index is 1.69. The summed E-state index contributed by atoms with van der Waals surface area (Å²) in [4.78, 5) is 29.6. The minimum atomic E-state index is -1.000. The van der Waals surface area contributed by atoms with Crippen LogP contribution >= 0.6 is 11.3 Å². The average molecular weight is 453 g/mol. The number of benzene rings is 1. The van der Waals surface area contributed by atoms with E-state index in [4.69, 9.17) is 4.98 Å². The van der Waals surface area contributed by atoms with Crippen LogP contribution in [0.3, 0.4) is 0 Å². The molecule has 1 N–H and O–H groups in total. The van der Waals surface area contributed by atoms with Crippen molar-refractivity contribution in [1.82, 2.24) is 25.1 Å². The summed E-state index contributed by atoms with van der Waals surface area (Å²) in [6, 6.07) is 2.91. The minimum absolute atomic E-state index is 0.187. The van der Waals surface area contributed by atoms with Crippen molar-refractivity contribution >= 4 is 34.4 Å². The number of thiazole rings is 1. The van der Waals surface area contributed by atoms with Gasteiger partial charge >= 0.3 is 0 Å². The molecule has 162 valence electrons. The number of likely N-dealkylation sites (N-methyl/N-ethyl adjacent to an activating group) is 1. The maximum atomic E-state index is 14.1. The third-order valence-electron chi connectivity index (χ3n) is 5.36. The van der Waals surface area contributed by atoms with Gasteiger partial charge in [-0.3, -0.25) is 9.89 Å². The zero-order valence-electron chi connectivity index (χ0n) is 17.1. The molecule has 8 nitrogen and oxygen atoms in total. The van der Waals surface area contributed by atoms with E-state index >= 15 is 0 Å². The number of hydrogen-bond donors (Lipinski definition) is 1. The molecule has 4 aromatic rings. The Kier molecular flexibility index (Phi) is 4.89. The van der Waals surface area contributed by atoms with Gasteiger partial charge in [0.15, 0.2) is 23.3 Å². The van der Waals surface area contributed by atoms with Gasteiger partial charge in [-0.1, -0.05) is 6.92 Å². The first-order valence-electron chi connectivity index (χ1n) is 9.82. The molecule has 3 aromatic heterocycles. The van der Waals surface area contributed by atoms with Crippen LogP contribution in [0.4, 0.5) is 26.0 Å². The molecule has 0 radical (unpaired) electrons. The quantitative estimate of drug-likeness (QED) is 0.499. The number of rotatable bonds is 4. The van der Waals surface area contributed by atoms with Gasteiger partial charge in [0.1, 0.15) is 22.4 Å². The monoisotopic (exact) mass is 453 g/mol. The number of carbonyl (C=O) groups is 1. The van der Waals surface area contributed by atoms with Crippen molar-refractivity contribution in [2.45, 2.75) is 19.4 Å². The van der Waals surface area contributed by atoms with Crippen LogP contribution < -0.4 is 9.80 Å². The third-order valence-corrected chi connectivity index (χ3v) is 6.15. The molecule has 0 saturated carbocycles. The molecule has 5 rings (SSSR count). The van der Waals surface area contributed by atoms with Gasteiger partial charge in [-0.05, 0) is 18.6 Å². The number of amides is 1. The smallest absolute Gasteiger partial charge is 0.250 e. The second kappa shape index (κ2) is 7.75. The maximum Gasteiger partial charge on any atom is 0.250 e. The molecule has 1 aliphatic rings. The molecule has 1 aliphatic heterocycles. The molecule has 32 heavy (non-hydrogen) atoms. The predicted molar refractivity (Wildman–Crippen MR) is 117 cm³/mol. The van der Waals surface area contributed by atoms with Gasteiger partial charge in [0, 0.05) is 30.4 Å². The fourth-order valence-corrected chi connectivity index (χ4v) is 4.42. The van der Waals surface area contributed by atoms with Crippen LogP contribution in [0.5, 0.6) is 0 Å². The lowest BCUT2D eigenvalue weighted by Crippen LogP contribution is -2.50. The molecule has 1 amide bonds. The van der Waals surface area contributed by atoms with Gasteiger partial charge in [-0.25, -0.2) is 23.7 Å². The van der Waals surface area contributed by atoms with E-state index in [0.29, 0.717) is 40.7 Å². The minimum Gasteiger partial charge on any atom is -0.312 e. The van der Waals surface area contributed by atoms with Gasteiger partial charge in [0.2, 0.25) is 5.91 Å². The van der Waals surface area contributed by atoms with Gasteiger partial charge in [-0.15, -0.1) is 11.3 Å². The lowest BCUT2D eigenvalue weighted by atomic mass is 10.1. The molecule has 11 heteroatoms. The molecule has 1 aromatic carbocycles. The standard InChI is InChI=1S/C21H17F2N7OS/c1-3-15-21(31)29(2)16-10-25-18(12-9-26-28-17(12)20-24-6-7-32-20)27-19(16)30(15)11-4-5-13(22)14(23)8-11/h4-10,15H,3H2,1-2H3,(H,26,28). The molecule has 0 aliphatic carbocycles. The van der Waals surface area contributed by atoms with Crippen molar-refractivity contribution in [3.63, 3.8) is 0 Å². The molecule has 0 saturated heterocycles. The number of nitrogens with one attached hydrogen (secondary N) is 1. The SMILES string of the molecule is CCC1C(=O)N(C)c2cnc(-c3cn[nH]c3-c3nccs3)nc2N1c1ccc(F)c(F)c1. The van der Waals surface area contributed by atoms with Gasteiger partial charge < -0.3 is 9.80 Å². The van der Waals surface area contributed by atoms with E-state index in [2.05, 4.69) is 20.2 Å². The zero-order chi connectivity index (χ0) is 22.4. The van der Waals surface area contributed by atoms with Crippen LogP contribution in [0.25, 0.3) is 22.1 Å². The molecule has 1 atom stereocenters. The van der Waals surface area contributed by atoms with E-state index in [9.17, 15) is 13.6 Å². The lowest BCUT2D eigenvalue weighted by molar-refractivity contribution is -0.119. The highest BCUT2D eigenvalue weighted by Crippen LogP contribution is 2.41. The summed E-state index contributed by atoms with van der Waals surface area (Å²) in [5.74, 6) is -1.36. The van der Waals surface area contributed by atoms with Gasteiger partial charge in [0.25, 0.3) is 0 Å². The fourth-order valence-electron chi connectivity index (χ4n) is 3.77. The fraction of sp³-hybridized carbons (Fsp3) is 0.190. The lowest BCUT2D eigenvalue weighted by Gasteiger charge is -2.40. The first kappa shape index (κ1) is 20.2. The number of carbonyl (C=O) groups excluding carboxylic acids is 1. The summed E-state index contributed by atoms with van der Waals surface area (Å²) in [5.41, 5.74) is 2.11. The number of halogens is 2. The first-order chi connectivity index (χ1) is 15.5. The van der Waals surface area contributed by atoms with E-state index in [1.54, 1.807) is 30.5 Å². The van der Waals surface area contributed by atoms with Crippen molar-refractivity contribution in [1.29, 1.82) is 0 Å². The highest BCUT2D eigenvalue weighted by atomic mass is 32.1. The van der Waals surface area contributed by atoms with E-state index in [-0.39, 0.29) is 5.91 Å². The topological polar surface area (TPSA) is 90.9 Å². The second-order valence-electron chi connectivity index (χ2n) is 7.19. The normalized spacial score (nSPS) is 15.9. The molecule has 0 bridgehead atoms. The predicted octanol–water partition coefficient (Wildman–Crippen LogP) is 4.16. The third kappa shape index (κ3) is 3.12. The largest absolute Gasteiger partial charge is 0.312 e. The molecule has 1 unspecified atom stereocenters. The van der Waals surface area contributed by atoms with Crippen LogP contribution in [0, 0.1) is 11.6 Å². The highest BCUT2D eigenvalue weighted by Gasteiger charge is 2.38. The molecule has 0 spiro atoms. The van der Waals surface area contributed by atoms with Crippen LogP contribution in [0.1, 0.15) is 13.3 Å². The van der Waals surface area contributed by atoms with Crippen LogP contribution in [0.2, 0.25) is 0 Å². The van der Waals surface area contributed by atoms with E-state index in [0.717, 1.165) is 17.1 Å². The Hall–Kier alpha value is -3.73. The van der Waals surface area contributed by atoms with Gasteiger partial charge in [-0.2, -0.15) is 5.10 Å². The summed E-state index contributed by atoms with van der Waals surface area (Å²) in [6.07, 6.45) is 5.29. The highest BCUT2D eigenvalue weighted by molar-refractivity contribution is 7.13. The Morgan fingerprint density at radius 3 is 2.75 bits per heavy atom. The maximum absolute atomic E-state index is 14.1. The van der Waals surface area contributed by atoms with Crippen molar-refractivity contribution in [3.8, 4) is 22.1 Å². The number of anilines is 3. The number of nitrogens with zero attached hydrogens (tertiary/aromatic N) is 6. The molecule has 0 fully saturated rings. The number of H-pyrrole nitrogens is 1. The number of aromatic nitrogens is 5. The number of hydrogen-bond acceptors (Lipinski definition) is 7. The zero-order valence-corrected chi connectivity index (χ0v) is 17.9. The molecular formula is C21H17F2N7OS. The summed E-state index contributed by atoms with van der Waals surface area (Å²) in [7, 11) is 1.65. The molecule has 4 heterocycles. The van der Waals surface area contributed by atoms with E-state index in [1.165, 1.54) is 22.3 Å². The van der Waals surface area contributed by atoms with Crippen LogP contribution in [-0.2, 0) is 4.79 Å². The average Bonchev–Trinajstić information content (AvgIpc) is 3.49. The van der Waals surface area contributed by atoms with Crippen molar-refractivity contribution in [3.05, 3.63) is 53.8 Å². The van der Waals surface area contributed by atoms with Crippen molar-refractivity contribution < 1.29 is 13.6 Å². The Morgan fingerprint density at radius 2 is 2.03 bits per heavy atom. The van der Waals surface area contributed by atoms with Crippen molar-refractivity contribution in [2.75, 3.05) is 16.8 Å². The molecular weight excluding hydrogens is 436 g/mol. The first-order valence-corrected chi connectivity index (χ1v) is 10.7. The van der Waals surface area contributed by atoms with Crippen LogP contribution in [0.15, 0.2) is 42.2 Å². The van der Waals surface area contributed by atoms with Crippen LogP contribution in [-0.4, -0.2) is 44.1 Å². The summed E-state index contributed by atoms with van der Waals surface area (Å²) in [5, 5.41) is 9.63. The number of fused-ring (bicyclic) bond motifs is 1. The number of aromatic amines is 1. The Bertz CT molecular complexity index is 1310. The summed E-state index contributed by atoms with van der Waals surface area (Å²) >= 11 is 1.44. The van der Waals surface area contributed by atoms with E-state index in [1.807, 2.05) is 12.3 Å². The Morgan fingerprint density at radius 1 is 1.19 bits per heavy atom.